The predicted molar refractivity (Wildman–Crippen MR) is 93.2 cm³/mol. The molecule has 0 spiro atoms. The average Bonchev–Trinajstić information content (AvgIpc) is 2.89. The lowest BCUT2D eigenvalue weighted by molar-refractivity contribution is -0.118. The van der Waals surface area contributed by atoms with E-state index in [2.05, 4.69) is 48.7 Å². The topological polar surface area (TPSA) is 61.4 Å². The van der Waals surface area contributed by atoms with Crippen molar-refractivity contribution < 1.29 is 9.90 Å². The molecule has 0 bridgehead atoms. The minimum atomic E-state index is 0.00651. The fraction of sp³-hybridized carbons (Fsp3) is 0.632. The highest BCUT2D eigenvalue weighted by Crippen LogP contribution is 2.38. The maximum absolute atomic E-state index is 10.9. The first-order valence-corrected chi connectivity index (χ1v) is 8.65. The summed E-state index contributed by atoms with van der Waals surface area (Å²) in [5.41, 5.74) is 2.50. The summed E-state index contributed by atoms with van der Waals surface area (Å²) in [6.07, 6.45) is 4.27. The first kappa shape index (κ1) is 18.0. The molecule has 3 N–H and O–H groups in total. The Kier molecular flexibility index (Phi) is 6.19. The third-order valence-electron chi connectivity index (χ3n) is 5.16. The van der Waals surface area contributed by atoms with Gasteiger partial charge < -0.3 is 15.7 Å². The molecule has 1 aromatic rings. The molecule has 1 aromatic carbocycles. The lowest BCUT2D eigenvalue weighted by Crippen LogP contribution is -2.42. The molecule has 2 rings (SSSR count). The lowest BCUT2D eigenvalue weighted by Gasteiger charge is -2.32. The van der Waals surface area contributed by atoms with Crippen LogP contribution in [0.2, 0.25) is 0 Å². The molecule has 1 saturated carbocycles. The number of carbonyl (C=O) groups excluding carboxylic acids is 1. The number of aliphatic hydroxyl groups excluding tert-OH is 1. The summed E-state index contributed by atoms with van der Waals surface area (Å²) in [5, 5.41) is 16.2. The fourth-order valence-corrected chi connectivity index (χ4v) is 3.46. The summed E-state index contributed by atoms with van der Waals surface area (Å²) in [6.45, 7) is 6.83. The molecule has 3 atom stereocenters. The third kappa shape index (κ3) is 4.79. The zero-order valence-corrected chi connectivity index (χ0v) is 14.6. The van der Waals surface area contributed by atoms with Crippen LogP contribution in [0.1, 0.15) is 57.2 Å². The smallest absolute Gasteiger partial charge is 0.216 e. The summed E-state index contributed by atoms with van der Waals surface area (Å²) in [7, 11) is 0. The Morgan fingerprint density at radius 3 is 2.70 bits per heavy atom. The predicted octanol–water partition coefficient (Wildman–Crippen LogP) is 2.57. The number of hydrogen-bond donors (Lipinski definition) is 3. The van der Waals surface area contributed by atoms with Crippen LogP contribution in [0.4, 0.5) is 0 Å². The van der Waals surface area contributed by atoms with E-state index in [1.807, 2.05) is 0 Å². The van der Waals surface area contributed by atoms with Gasteiger partial charge in [0, 0.05) is 37.6 Å². The van der Waals surface area contributed by atoms with Gasteiger partial charge in [0.2, 0.25) is 5.91 Å². The Labute approximate surface area is 139 Å². The molecule has 1 amide bonds. The van der Waals surface area contributed by atoms with Gasteiger partial charge in [-0.15, -0.1) is 0 Å². The number of amides is 1. The highest BCUT2D eigenvalue weighted by molar-refractivity contribution is 5.72. The van der Waals surface area contributed by atoms with E-state index < -0.39 is 0 Å². The number of carbonyl (C=O) groups is 1. The van der Waals surface area contributed by atoms with E-state index >= 15 is 0 Å². The SMILES string of the molecule is CC(=O)NCCc1ccc(C(C)NC2CCCC2(C)CO)cc1. The van der Waals surface area contributed by atoms with Gasteiger partial charge in [-0.2, -0.15) is 0 Å². The van der Waals surface area contributed by atoms with E-state index in [0.29, 0.717) is 12.6 Å². The highest BCUT2D eigenvalue weighted by atomic mass is 16.3. The van der Waals surface area contributed by atoms with Crippen LogP contribution in [-0.2, 0) is 11.2 Å². The van der Waals surface area contributed by atoms with Crippen LogP contribution < -0.4 is 10.6 Å². The first-order chi connectivity index (χ1) is 10.9. The van der Waals surface area contributed by atoms with Crippen molar-refractivity contribution in [3.63, 3.8) is 0 Å². The molecule has 4 heteroatoms. The van der Waals surface area contributed by atoms with Gasteiger partial charge in [-0.25, -0.2) is 0 Å². The molecule has 128 valence electrons. The Bertz CT molecular complexity index is 515. The van der Waals surface area contributed by atoms with Crippen molar-refractivity contribution in [1.29, 1.82) is 0 Å². The van der Waals surface area contributed by atoms with Crippen molar-refractivity contribution in [3.05, 3.63) is 35.4 Å². The van der Waals surface area contributed by atoms with Crippen molar-refractivity contribution in [2.75, 3.05) is 13.2 Å². The summed E-state index contributed by atoms with van der Waals surface area (Å²) < 4.78 is 0. The number of benzene rings is 1. The van der Waals surface area contributed by atoms with E-state index in [4.69, 9.17) is 0 Å². The maximum Gasteiger partial charge on any atom is 0.216 e. The quantitative estimate of drug-likeness (QED) is 0.724. The van der Waals surface area contributed by atoms with Gasteiger partial charge in [0.25, 0.3) is 0 Å². The summed E-state index contributed by atoms with van der Waals surface area (Å²) in [4.78, 5) is 10.9. The Balaban J connectivity index is 1.90. The maximum atomic E-state index is 10.9. The van der Waals surface area contributed by atoms with E-state index in [0.717, 1.165) is 19.3 Å². The second-order valence-electron chi connectivity index (χ2n) is 7.12. The van der Waals surface area contributed by atoms with E-state index in [9.17, 15) is 9.90 Å². The van der Waals surface area contributed by atoms with E-state index in [1.165, 1.54) is 17.5 Å². The largest absolute Gasteiger partial charge is 0.396 e. The van der Waals surface area contributed by atoms with Crippen LogP contribution in [0.15, 0.2) is 24.3 Å². The third-order valence-corrected chi connectivity index (χ3v) is 5.16. The fourth-order valence-electron chi connectivity index (χ4n) is 3.46. The molecule has 1 aliphatic rings. The van der Waals surface area contributed by atoms with Crippen LogP contribution in [0.3, 0.4) is 0 Å². The molecule has 1 aliphatic carbocycles. The molecule has 3 unspecified atom stereocenters. The van der Waals surface area contributed by atoms with Crippen LogP contribution in [0.5, 0.6) is 0 Å². The molecular formula is C19H30N2O2. The van der Waals surface area contributed by atoms with Crippen LogP contribution >= 0.6 is 0 Å². The lowest BCUT2D eigenvalue weighted by atomic mass is 9.85. The van der Waals surface area contributed by atoms with Crippen LogP contribution in [0.25, 0.3) is 0 Å². The van der Waals surface area contributed by atoms with Crippen molar-refractivity contribution in [2.45, 2.75) is 58.5 Å². The minimum Gasteiger partial charge on any atom is -0.396 e. The Morgan fingerprint density at radius 1 is 1.39 bits per heavy atom. The van der Waals surface area contributed by atoms with Gasteiger partial charge in [-0.1, -0.05) is 37.6 Å². The van der Waals surface area contributed by atoms with Gasteiger partial charge in [-0.05, 0) is 37.3 Å². The van der Waals surface area contributed by atoms with Crippen molar-refractivity contribution in [2.24, 2.45) is 5.41 Å². The van der Waals surface area contributed by atoms with Crippen molar-refractivity contribution in [3.8, 4) is 0 Å². The Hall–Kier alpha value is -1.39. The number of nitrogens with one attached hydrogen (secondary N) is 2. The van der Waals surface area contributed by atoms with Crippen molar-refractivity contribution >= 4 is 5.91 Å². The number of aliphatic hydroxyl groups is 1. The zero-order chi connectivity index (χ0) is 16.9. The molecule has 0 aromatic heterocycles. The molecule has 23 heavy (non-hydrogen) atoms. The normalized spacial score (nSPS) is 25.3. The number of hydrogen-bond acceptors (Lipinski definition) is 3. The van der Waals surface area contributed by atoms with Crippen LogP contribution in [0, 0.1) is 5.41 Å². The van der Waals surface area contributed by atoms with Gasteiger partial charge >= 0.3 is 0 Å². The zero-order valence-electron chi connectivity index (χ0n) is 14.6. The Morgan fingerprint density at radius 2 is 2.09 bits per heavy atom. The van der Waals surface area contributed by atoms with Gasteiger partial charge in [0.1, 0.15) is 0 Å². The summed E-state index contributed by atoms with van der Waals surface area (Å²) in [5.74, 6) is 0.0166. The molecular weight excluding hydrogens is 288 g/mol. The van der Waals surface area contributed by atoms with Gasteiger partial charge in [-0.3, -0.25) is 4.79 Å². The van der Waals surface area contributed by atoms with Gasteiger partial charge in [0.05, 0.1) is 0 Å². The molecule has 0 saturated heterocycles. The van der Waals surface area contributed by atoms with E-state index in [-0.39, 0.29) is 24.0 Å². The summed E-state index contributed by atoms with van der Waals surface area (Å²) in [6, 6.07) is 9.23. The second kappa shape index (κ2) is 7.93. The van der Waals surface area contributed by atoms with E-state index in [1.54, 1.807) is 6.92 Å². The average molecular weight is 318 g/mol. The molecule has 4 nitrogen and oxygen atoms in total. The standard InChI is InChI=1S/C19H30N2O2/c1-14(21-18-5-4-11-19(18,3)13-22)17-8-6-16(7-9-17)10-12-20-15(2)23/h6-9,14,18,21-22H,4-5,10-13H2,1-3H3,(H,20,23). The molecule has 0 aliphatic heterocycles. The summed E-state index contributed by atoms with van der Waals surface area (Å²) >= 11 is 0. The minimum absolute atomic E-state index is 0.00651. The molecule has 0 heterocycles. The molecule has 1 fully saturated rings. The van der Waals surface area contributed by atoms with Gasteiger partial charge in [0.15, 0.2) is 0 Å². The van der Waals surface area contributed by atoms with Crippen molar-refractivity contribution in [1.82, 2.24) is 10.6 Å². The number of rotatable bonds is 7. The molecule has 0 radical (unpaired) electrons. The van der Waals surface area contributed by atoms with Crippen LogP contribution in [-0.4, -0.2) is 30.2 Å². The monoisotopic (exact) mass is 318 g/mol. The highest BCUT2D eigenvalue weighted by Gasteiger charge is 2.38. The second-order valence-corrected chi connectivity index (χ2v) is 7.12. The first-order valence-electron chi connectivity index (χ1n) is 8.65.